The third-order valence-corrected chi connectivity index (χ3v) is 15.8. The van der Waals surface area contributed by atoms with Crippen molar-refractivity contribution in [2.45, 2.75) is 121 Å². The van der Waals surface area contributed by atoms with Crippen molar-refractivity contribution in [2.24, 2.45) is 17.3 Å². The molecule has 65 heavy (non-hydrogen) atoms. The van der Waals surface area contributed by atoms with Crippen molar-refractivity contribution in [2.75, 3.05) is 30.8 Å². The summed E-state index contributed by atoms with van der Waals surface area (Å²) in [5.74, 6) is -1.48. The average molecular weight is 914 g/mol. The van der Waals surface area contributed by atoms with Crippen LogP contribution in [0.2, 0.25) is 0 Å². The Kier molecular flexibility index (Phi) is 11.9. The molecule has 0 bridgehead atoms. The molecule has 1 spiro atoms. The second kappa shape index (κ2) is 17.2. The van der Waals surface area contributed by atoms with E-state index in [1.165, 1.54) is 31.7 Å². The lowest BCUT2D eigenvalue weighted by atomic mass is 9.55. The third-order valence-electron chi connectivity index (χ3n) is 14.6. The number of amides is 5. The lowest BCUT2D eigenvalue weighted by Crippen LogP contribution is -2.54. The minimum Gasteiger partial charge on any atom is -0.386 e. The summed E-state index contributed by atoms with van der Waals surface area (Å²) in [6.07, 6.45) is 6.70. The highest BCUT2D eigenvalue weighted by molar-refractivity contribution is 7.18. The Labute approximate surface area is 378 Å². The molecule has 1 atom stereocenters. The number of benzene rings is 2. The summed E-state index contributed by atoms with van der Waals surface area (Å²) in [7, 11) is 2.27. The zero-order chi connectivity index (χ0) is 46.0. The minimum atomic E-state index is -4.69. The molecule has 5 amide bonds. The average Bonchev–Trinajstić information content (AvgIpc) is 3.79. The smallest absolute Gasteiger partial charge is 0.386 e. The number of carbonyl (C=O) groups is 5. The largest absolute Gasteiger partial charge is 0.433 e. The monoisotopic (exact) mass is 913 g/mol. The van der Waals surface area contributed by atoms with Gasteiger partial charge in [-0.05, 0) is 145 Å². The molecule has 4 heterocycles. The Morgan fingerprint density at radius 1 is 0.923 bits per heavy atom. The normalized spacial score (nSPS) is 26.1. The molecule has 2 aliphatic heterocycles. The second-order valence-corrected chi connectivity index (χ2v) is 20.6. The number of nitrogens with zero attached hydrogens (tertiary/aromatic N) is 4. The van der Waals surface area contributed by atoms with Gasteiger partial charge in [-0.2, -0.15) is 13.2 Å². The van der Waals surface area contributed by atoms with Gasteiger partial charge in [0.2, 0.25) is 11.8 Å². The molecule has 2 aromatic heterocycles. The van der Waals surface area contributed by atoms with Crippen LogP contribution in [0.25, 0.3) is 10.2 Å². The fourth-order valence-corrected chi connectivity index (χ4v) is 12.3. The fraction of sp³-hybridized carbons (Fsp3) is 0.521. The van der Waals surface area contributed by atoms with Gasteiger partial charge >= 0.3 is 6.18 Å². The lowest BCUT2D eigenvalue weighted by molar-refractivity contribution is -0.141. The molecule has 4 N–H and O–H groups in total. The first-order valence-corrected chi connectivity index (χ1v) is 23.5. The number of pyridine rings is 1. The van der Waals surface area contributed by atoms with Crippen molar-refractivity contribution < 1.29 is 42.3 Å². The highest BCUT2D eigenvalue weighted by Gasteiger charge is 2.48. The molecule has 2 aromatic carbocycles. The number of hydrogen-bond acceptors (Lipinski definition) is 11. The van der Waals surface area contributed by atoms with Crippen molar-refractivity contribution in [1.82, 2.24) is 25.1 Å². The van der Waals surface area contributed by atoms with Crippen LogP contribution in [0.1, 0.15) is 144 Å². The van der Waals surface area contributed by atoms with Crippen molar-refractivity contribution in [3.05, 3.63) is 81.6 Å². The second-order valence-electron chi connectivity index (χ2n) is 19.6. The van der Waals surface area contributed by atoms with Gasteiger partial charge in [-0.3, -0.25) is 34.2 Å². The lowest BCUT2D eigenvalue weighted by Gasteiger charge is -2.53. The van der Waals surface area contributed by atoms with E-state index in [2.05, 4.69) is 32.9 Å². The first-order valence-electron chi connectivity index (χ1n) is 22.7. The SMILES string of the molecule is CN(CC1CCC(c2nc3cc(C(C)(C)O)c(NC(=O)c4cccc(C(F)(F)F)n4)cc3s2)CC1)C1CCC2(CC1)CC(CNc1cccc3c1C(=O)N(C1CCC(=O)NC1=O)C3=O)C2. The number of aromatic nitrogens is 2. The highest BCUT2D eigenvalue weighted by Crippen LogP contribution is 2.55. The van der Waals surface area contributed by atoms with Crippen LogP contribution in [-0.2, 0) is 21.4 Å². The number of imide groups is 2. The summed E-state index contributed by atoms with van der Waals surface area (Å²) in [5.41, 5.74) is 0.0413. The molecule has 344 valence electrons. The number of halogens is 3. The van der Waals surface area contributed by atoms with Gasteiger partial charge in [0, 0.05) is 48.4 Å². The van der Waals surface area contributed by atoms with E-state index in [-0.39, 0.29) is 24.1 Å². The molecule has 4 aromatic rings. The van der Waals surface area contributed by atoms with E-state index >= 15 is 0 Å². The molecular weight excluding hydrogens is 860 g/mol. The van der Waals surface area contributed by atoms with Crippen LogP contribution in [0.5, 0.6) is 0 Å². The highest BCUT2D eigenvalue weighted by atomic mass is 32.1. The van der Waals surface area contributed by atoms with E-state index in [1.807, 2.05) is 6.07 Å². The van der Waals surface area contributed by atoms with Crippen molar-refractivity contribution in [3.63, 3.8) is 0 Å². The maximum Gasteiger partial charge on any atom is 0.433 e. The van der Waals surface area contributed by atoms with E-state index in [0.717, 1.165) is 71.8 Å². The maximum atomic E-state index is 13.5. The minimum absolute atomic E-state index is 0.0788. The Hall–Kier alpha value is -5.26. The van der Waals surface area contributed by atoms with Gasteiger partial charge in [0.05, 0.1) is 32.0 Å². The number of piperidine rings is 1. The Bertz CT molecular complexity index is 2550. The molecule has 13 nitrogen and oxygen atoms in total. The van der Waals surface area contributed by atoms with Crippen LogP contribution in [-0.4, -0.2) is 86.6 Å². The standard InChI is InChI=1S/C48H54F3N7O6S/c1-46(2,64)31-20-35-37(21-34(31)54-41(60)33-8-5-9-38(53-33)48(49,50)51)65-43(55-35)28-12-10-26(11-13-28)25-57(3)29-16-18-47(19-17-29)22-27(23-47)24-52-32-7-4-6-30-40(32)45(63)58(44(30)62)36-14-15-39(59)56-42(36)61/h4-9,20-21,26-29,36,52,64H,10-19,22-25H2,1-3H3,(H,54,60)(H,56,59,61). The third kappa shape index (κ3) is 9.03. The molecule has 9 rings (SSSR count). The van der Waals surface area contributed by atoms with E-state index in [1.54, 1.807) is 49.4 Å². The number of carbonyl (C=O) groups excluding carboxylic acids is 5. The van der Waals surface area contributed by atoms with Crippen molar-refractivity contribution in [1.29, 1.82) is 0 Å². The molecular formula is C48H54F3N7O6S. The van der Waals surface area contributed by atoms with Gasteiger partial charge in [0.1, 0.15) is 17.4 Å². The van der Waals surface area contributed by atoms with Gasteiger partial charge in [-0.25, -0.2) is 9.97 Å². The van der Waals surface area contributed by atoms with E-state index in [0.29, 0.717) is 63.8 Å². The first-order chi connectivity index (χ1) is 30.9. The molecule has 0 radical (unpaired) electrons. The van der Waals surface area contributed by atoms with Crippen LogP contribution in [0.3, 0.4) is 0 Å². The molecule has 5 aliphatic rings. The zero-order valence-corrected chi connectivity index (χ0v) is 37.5. The van der Waals surface area contributed by atoms with Gasteiger partial charge < -0.3 is 20.6 Å². The number of aliphatic hydroxyl groups is 1. The summed E-state index contributed by atoms with van der Waals surface area (Å²) in [6, 6.07) is 11.4. The van der Waals surface area contributed by atoms with Crippen LogP contribution < -0.4 is 16.0 Å². The number of alkyl halides is 3. The summed E-state index contributed by atoms with van der Waals surface area (Å²) >= 11 is 1.55. The topological polar surface area (TPSA) is 174 Å². The van der Waals surface area contributed by atoms with Gasteiger partial charge in [0.25, 0.3) is 17.7 Å². The number of rotatable bonds is 11. The number of fused-ring (bicyclic) bond motifs is 2. The van der Waals surface area contributed by atoms with Crippen LogP contribution in [0, 0.1) is 17.3 Å². The van der Waals surface area contributed by atoms with E-state index in [4.69, 9.17) is 4.98 Å². The van der Waals surface area contributed by atoms with Crippen LogP contribution in [0.4, 0.5) is 24.5 Å². The molecule has 1 saturated heterocycles. The Morgan fingerprint density at radius 3 is 2.34 bits per heavy atom. The quantitative estimate of drug-likeness (QED) is 0.107. The first kappa shape index (κ1) is 44.9. The molecule has 1 unspecified atom stereocenters. The molecule has 17 heteroatoms. The summed E-state index contributed by atoms with van der Waals surface area (Å²) in [5, 5.41) is 20.4. The number of nitrogens with one attached hydrogen (secondary N) is 3. The van der Waals surface area contributed by atoms with Gasteiger partial charge in [-0.1, -0.05) is 12.1 Å². The number of hydrogen-bond donors (Lipinski definition) is 4. The molecule has 3 saturated carbocycles. The van der Waals surface area contributed by atoms with E-state index in [9.17, 15) is 42.3 Å². The summed E-state index contributed by atoms with van der Waals surface area (Å²) in [6.45, 7) is 4.93. The zero-order valence-electron chi connectivity index (χ0n) is 36.7. The molecule has 4 fully saturated rings. The predicted molar refractivity (Wildman–Crippen MR) is 238 cm³/mol. The number of thiazole rings is 1. The fourth-order valence-electron chi connectivity index (χ4n) is 11.1. The van der Waals surface area contributed by atoms with Gasteiger partial charge in [-0.15, -0.1) is 11.3 Å². The maximum absolute atomic E-state index is 13.5. The van der Waals surface area contributed by atoms with Crippen LogP contribution >= 0.6 is 11.3 Å². The molecule has 3 aliphatic carbocycles. The summed E-state index contributed by atoms with van der Waals surface area (Å²) < 4.78 is 40.7. The van der Waals surface area contributed by atoms with E-state index < -0.39 is 53.0 Å². The van der Waals surface area contributed by atoms with Crippen molar-refractivity contribution in [3.8, 4) is 0 Å². The van der Waals surface area contributed by atoms with Crippen LogP contribution in [0.15, 0.2) is 48.5 Å². The predicted octanol–water partition coefficient (Wildman–Crippen LogP) is 8.25. The van der Waals surface area contributed by atoms with Gasteiger partial charge in [0.15, 0.2) is 0 Å². The number of anilines is 2. The Morgan fingerprint density at radius 2 is 1.65 bits per heavy atom. The summed E-state index contributed by atoms with van der Waals surface area (Å²) in [4.78, 5) is 76.2. The Balaban J connectivity index is 0.742. The van der Waals surface area contributed by atoms with Crippen molar-refractivity contribution >= 4 is 62.5 Å².